The summed E-state index contributed by atoms with van der Waals surface area (Å²) in [5.74, 6) is 0.102. The van der Waals surface area contributed by atoms with Crippen LogP contribution in [0.4, 0.5) is 0 Å². The van der Waals surface area contributed by atoms with Gasteiger partial charge in [-0.3, -0.25) is 19.3 Å². The number of carbonyl (C=O) groups is 3. The second kappa shape index (κ2) is 20.7. The van der Waals surface area contributed by atoms with E-state index in [0.29, 0.717) is 19.0 Å². The fourth-order valence-electron chi connectivity index (χ4n) is 6.75. The van der Waals surface area contributed by atoms with Crippen LogP contribution < -0.4 is 0 Å². The minimum atomic E-state index is -0.172. The zero-order valence-corrected chi connectivity index (χ0v) is 31.7. The summed E-state index contributed by atoms with van der Waals surface area (Å²) in [5, 5.41) is 0. The molecule has 0 aromatic heterocycles. The van der Waals surface area contributed by atoms with E-state index >= 15 is 0 Å². The third kappa shape index (κ3) is 12.9. The Hall–Kier alpha value is -4.01. The third-order valence-corrected chi connectivity index (χ3v) is 10.0. The van der Waals surface area contributed by atoms with Gasteiger partial charge in [-0.15, -0.1) is 0 Å². The molecule has 0 aliphatic carbocycles. The molecule has 51 heavy (non-hydrogen) atoms. The number of likely N-dealkylation sites (tertiary alicyclic amines) is 1. The van der Waals surface area contributed by atoms with Crippen molar-refractivity contribution >= 4 is 17.8 Å². The third-order valence-electron chi connectivity index (χ3n) is 10.0. The van der Waals surface area contributed by atoms with Crippen molar-refractivity contribution in [1.82, 2.24) is 19.6 Å². The number of amides is 2. The van der Waals surface area contributed by atoms with Crippen LogP contribution in [0, 0.1) is 0 Å². The number of hydrogen-bond acceptors (Lipinski definition) is 6. The number of ether oxygens (including phenoxy) is 1. The fourth-order valence-corrected chi connectivity index (χ4v) is 6.75. The van der Waals surface area contributed by atoms with Gasteiger partial charge in [-0.05, 0) is 86.9 Å². The van der Waals surface area contributed by atoms with Gasteiger partial charge in [0.2, 0.25) is 5.91 Å². The van der Waals surface area contributed by atoms with Crippen LogP contribution in [0.1, 0.15) is 87.2 Å². The lowest BCUT2D eigenvalue weighted by Crippen LogP contribution is -2.42. The molecule has 1 fully saturated rings. The predicted octanol–water partition coefficient (Wildman–Crippen LogP) is 7.32. The normalized spacial score (nSPS) is 13.8. The van der Waals surface area contributed by atoms with E-state index in [0.717, 1.165) is 100 Å². The second-order valence-corrected chi connectivity index (χ2v) is 14.3. The maximum atomic E-state index is 12.9. The van der Waals surface area contributed by atoms with Crippen molar-refractivity contribution in [2.75, 3.05) is 53.4 Å². The van der Waals surface area contributed by atoms with Gasteiger partial charge in [-0.1, -0.05) is 80.1 Å². The van der Waals surface area contributed by atoms with E-state index in [-0.39, 0.29) is 30.3 Å². The second-order valence-electron chi connectivity index (χ2n) is 14.3. The molecule has 1 saturated heterocycles. The van der Waals surface area contributed by atoms with E-state index in [1.165, 1.54) is 5.56 Å². The zero-order valence-electron chi connectivity index (χ0n) is 31.7. The first-order chi connectivity index (χ1) is 24.6. The minimum Gasteiger partial charge on any atom is -0.462 e. The molecule has 0 bridgehead atoms. The maximum absolute atomic E-state index is 12.9. The van der Waals surface area contributed by atoms with Crippen molar-refractivity contribution in [1.29, 1.82) is 0 Å². The molecule has 4 rings (SSSR count). The first kappa shape index (κ1) is 39.8. The van der Waals surface area contributed by atoms with Crippen LogP contribution in [0.5, 0.6) is 0 Å². The molecule has 1 aliphatic heterocycles. The average Bonchev–Trinajstić information content (AvgIpc) is 3.14. The number of carbonyl (C=O) groups excluding carboxylic acids is 3. The number of unbranched alkanes of at least 4 members (excludes halogenated alkanes) is 2. The van der Waals surface area contributed by atoms with Crippen LogP contribution in [-0.2, 0) is 27.3 Å². The van der Waals surface area contributed by atoms with Crippen molar-refractivity contribution in [3.8, 4) is 11.1 Å². The van der Waals surface area contributed by atoms with E-state index in [1.807, 2.05) is 67.5 Å². The molecule has 1 aliphatic rings. The smallest absolute Gasteiger partial charge is 0.310 e. The highest BCUT2D eigenvalue weighted by Gasteiger charge is 2.23. The van der Waals surface area contributed by atoms with Crippen LogP contribution in [0.15, 0.2) is 78.9 Å². The van der Waals surface area contributed by atoms with Crippen molar-refractivity contribution in [3.05, 3.63) is 95.6 Å². The van der Waals surface area contributed by atoms with E-state index < -0.39 is 0 Å². The number of hydrogen-bond donors (Lipinski definition) is 0. The lowest BCUT2D eigenvalue weighted by atomic mass is 9.98. The van der Waals surface area contributed by atoms with Gasteiger partial charge in [0.25, 0.3) is 5.91 Å². The number of nitrogens with zero attached hydrogens (tertiary/aromatic N) is 4. The molecule has 0 unspecified atom stereocenters. The van der Waals surface area contributed by atoms with E-state index in [4.69, 9.17) is 4.74 Å². The number of esters is 1. The lowest BCUT2D eigenvalue weighted by molar-refractivity contribution is -0.150. The molecule has 8 nitrogen and oxygen atoms in total. The number of piperidine rings is 1. The Bertz CT molecular complexity index is 1500. The van der Waals surface area contributed by atoms with Crippen LogP contribution in [-0.4, -0.2) is 103 Å². The van der Waals surface area contributed by atoms with Gasteiger partial charge >= 0.3 is 5.97 Å². The molecule has 0 radical (unpaired) electrons. The van der Waals surface area contributed by atoms with Gasteiger partial charge in [0.1, 0.15) is 6.10 Å². The Morgan fingerprint density at radius 1 is 0.804 bits per heavy atom. The highest BCUT2D eigenvalue weighted by molar-refractivity contribution is 5.94. The summed E-state index contributed by atoms with van der Waals surface area (Å²) < 4.78 is 5.90. The Morgan fingerprint density at radius 2 is 1.49 bits per heavy atom. The van der Waals surface area contributed by atoms with Gasteiger partial charge in [0.15, 0.2) is 0 Å². The zero-order chi connectivity index (χ0) is 36.6. The summed E-state index contributed by atoms with van der Waals surface area (Å²) in [7, 11) is 3.76. The number of benzene rings is 3. The Balaban J connectivity index is 1.08. The van der Waals surface area contributed by atoms with Crippen LogP contribution >= 0.6 is 0 Å². The molecule has 0 atom stereocenters. The molecule has 2 amide bonds. The first-order valence-electron chi connectivity index (χ1n) is 19.0. The Labute approximate surface area is 306 Å². The molecule has 0 N–H and O–H groups in total. The summed E-state index contributed by atoms with van der Waals surface area (Å²) in [4.78, 5) is 46.8. The lowest BCUT2D eigenvalue weighted by Gasteiger charge is -2.32. The van der Waals surface area contributed by atoms with E-state index in [1.54, 1.807) is 4.90 Å². The molecule has 276 valence electrons. The largest absolute Gasteiger partial charge is 0.462 e. The summed E-state index contributed by atoms with van der Waals surface area (Å²) >= 11 is 0. The predicted molar refractivity (Wildman–Crippen MR) is 206 cm³/mol. The van der Waals surface area contributed by atoms with E-state index in [2.05, 4.69) is 60.9 Å². The minimum absolute atomic E-state index is 0.0579. The van der Waals surface area contributed by atoms with Crippen LogP contribution in [0.2, 0.25) is 0 Å². The van der Waals surface area contributed by atoms with Gasteiger partial charge < -0.3 is 19.4 Å². The molecule has 0 spiro atoms. The van der Waals surface area contributed by atoms with Crippen LogP contribution in [0.25, 0.3) is 11.1 Å². The molecule has 3 aromatic rings. The Morgan fingerprint density at radius 3 is 2.18 bits per heavy atom. The topological polar surface area (TPSA) is 73.4 Å². The van der Waals surface area contributed by atoms with Crippen molar-refractivity contribution in [2.24, 2.45) is 0 Å². The highest BCUT2D eigenvalue weighted by Crippen LogP contribution is 2.25. The summed E-state index contributed by atoms with van der Waals surface area (Å²) in [6.45, 7) is 12.4. The Kier molecular flexibility index (Phi) is 16.2. The molecular formula is C43H60N4O4. The average molecular weight is 697 g/mol. The summed E-state index contributed by atoms with van der Waals surface area (Å²) in [5.41, 5.74) is 5.11. The van der Waals surface area contributed by atoms with E-state index in [9.17, 15) is 14.4 Å². The molecule has 3 aromatic carbocycles. The van der Waals surface area contributed by atoms with Gasteiger partial charge in [-0.25, -0.2) is 0 Å². The molecule has 1 heterocycles. The quantitative estimate of drug-likeness (QED) is 0.0967. The summed E-state index contributed by atoms with van der Waals surface area (Å²) in [6.07, 6.45) is 6.33. The maximum Gasteiger partial charge on any atom is 0.310 e. The molecule has 0 saturated carbocycles. The van der Waals surface area contributed by atoms with Gasteiger partial charge in [0, 0.05) is 71.4 Å². The SMILES string of the molecule is CCCN(C)C(=O)c1ccc(CN(CCCCCC(=O)N(C)CCN2CCC(OC(=O)Cc3ccccc3-c3ccccc3)CC2)C(C)C)cc1. The molecule has 8 heteroatoms. The highest BCUT2D eigenvalue weighted by atomic mass is 16.5. The standard InChI is InChI=1S/C43H60N4O4/c1-6-26-45(5)43(50)37-22-20-35(21-23-37)33-47(34(2)3)27-14-8-11-19-41(48)44(4)30-31-46-28-24-39(25-29-46)51-42(49)32-38-17-12-13-18-40(38)36-15-9-7-10-16-36/h7,9-10,12-13,15-18,20-23,34,39H,6,8,11,14,19,24-33H2,1-5H3. The molecular weight excluding hydrogens is 636 g/mol. The fraction of sp³-hybridized carbons (Fsp3) is 0.512. The van der Waals surface area contributed by atoms with Crippen molar-refractivity contribution in [2.45, 2.75) is 90.8 Å². The summed E-state index contributed by atoms with van der Waals surface area (Å²) in [6, 6.07) is 26.6. The number of rotatable bonds is 19. The number of likely N-dealkylation sites (N-methyl/N-ethyl adjacent to an activating group) is 1. The van der Waals surface area contributed by atoms with Gasteiger partial charge in [0.05, 0.1) is 6.42 Å². The van der Waals surface area contributed by atoms with Crippen LogP contribution in [0.3, 0.4) is 0 Å². The monoisotopic (exact) mass is 696 g/mol. The van der Waals surface area contributed by atoms with Crippen molar-refractivity contribution in [3.63, 3.8) is 0 Å². The van der Waals surface area contributed by atoms with Crippen molar-refractivity contribution < 1.29 is 19.1 Å². The van der Waals surface area contributed by atoms with Gasteiger partial charge in [-0.2, -0.15) is 0 Å². The first-order valence-corrected chi connectivity index (χ1v) is 19.0.